The van der Waals surface area contributed by atoms with Gasteiger partial charge in [-0.05, 0) is 62.7 Å². The van der Waals surface area contributed by atoms with E-state index in [9.17, 15) is 18.0 Å². The van der Waals surface area contributed by atoms with Crippen molar-refractivity contribution in [3.8, 4) is 5.75 Å². The van der Waals surface area contributed by atoms with E-state index in [0.717, 1.165) is 16.9 Å². The summed E-state index contributed by atoms with van der Waals surface area (Å²) in [5.41, 5.74) is 2.21. The number of hydrogen-bond acceptors (Lipinski definition) is 8. The quantitative estimate of drug-likeness (QED) is 0.226. The monoisotopic (exact) mass is 608 g/mol. The van der Waals surface area contributed by atoms with Crippen LogP contribution in [0.15, 0.2) is 98.7 Å². The lowest BCUT2D eigenvalue weighted by atomic mass is 9.96. The highest BCUT2D eigenvalue weighted by atomic mass is 35.5. The van der Waals surface area contributed by atoms with Gasteiger partial charge in [-0.1, -0.05) is 71.0 Å². The van der Waals surface area contributed by atoms with E-state index < -0.39 is 27.7 Å². The van der Waals surface area contributed by atoms with Gasteiger partial charge in [0.2, 0.25) is 0 Å². The number of fused-ring (bicyclic) bond motifs is 1. The molecule has 0 spiro atoms. The van der Waals surface area contributed by atoms with Crippen molar-refractivity contribution in [2.45, 2.75) is 31.7 Å². The summed E-state index contributed by atoms with van der Waals surface area (Å²) in [5.74, 6) is -0.549. The first-order chi connectivity index (χ1) is 19.6. The van der Waals surface area contributed by atoms with Gasteiger partial charge < -0.3 is 8.92 Å². The van der Waals surface area contributed by atoms with E-state index in [1.54, 1.807) is 26.0 Å². The summed E-state index contributed by atoms with van der Waals surface area (Å²) in [6.07, 6.45) is 1.52. The van der Waals surface area contributed by atoms with Gasteiger partial charge in [0.05, 0.1) is 28.5 Å². The number of carbonyl (C=O) groups is 1. The molecule has 11 heteroatoms. The van der Waals surface area contributed by atoms with Crippen molar-refractivity contribution in [3.05, 3.63) is 125 Å². The first-order valence-electron chi connectivity index (χ1n) is 12.6. The number of ether oxygens (including phenoxy) is 1. The van der Waals surface area contributed by atoms with Crippen LogP contribution in [0.3, 0.4) is 0 Å². The standard InChI is InChI=1S/C30H25ClN2O6S2/c1-4-38-29(35)26-19(3)32-30-33(27(26)20-8-6-5-7-9-20)28(34)25(40-30)17-21-16-22(31)12-15-24(21)39-41(36,37)23-13-10-18(2)11-14-23/h5-17,27H,4H2,1-3H3/b25-17-/t27-/m0/s1. The zero-order valence-electron chi connectivity index (χ0n) is 22.3. The molecule has 1 aliphatic rings. The third kappa shape index (κ3) is 5.76. The maximum absolute atomic E-state index is 13.9. The van der Waals surface area contributed by atoms with Gasteiger partial charge in [-0.15, -0.1) is 0 Å². The van der Waals surface area contributed by atoms with Crippen molar-refractivity contribution in [3.63, 3.8) is 0 Å². The van der Waals surface area contributed by atoms with Gasteiger partial charge in [-0.25, -0.2) is 9.79 Å². The minimum absolute atomic E-state index is 0.00353. The third-order valence-electron chi connectivity index (χ3n) is 6.40. The van der Waals surface area contributed by atoms with E-state index in [1.807, 2.05) is 37.3 Å². The Bertz CT molecular complexity index is 1960. The van der Waals surface area contributed by atoms with Crippen LogP contribution in [-0.2, 0) is 19.6 Å². The Labute approximate surface area is 245 Å². The van der Waals surface area contributed by atoms with E-state index in [1.165, 1.54) is 41.0 Å². The molecule has 0 saturated carbocycles. The molecule has 3 aromatic carbocycles. The Balaban J connectivity index is 1.65. The normalized spacial score (nSPS) is 15.3. The second kappa shape index (κ2) is 11.5. The molecule has 1 aliphatic heterocycles. The van der Waals surface area contributed by atoms with E-state index in [2.05, 4.69) is 4.99 Å². The number of rotatable bonds is 7. The smallest absolute Gasteiger partial charge is 0.339 e. The second-order valence-corrected chi connectivity index (χ2v) is 12.2. The second-order valence-electron chi connectivity index (χ2n) is 9.25. The van der Waals surface area contributed by atoms with Crippen LogP contribution in [0.2, 0.25) is 5.02 Å². The van der Waals surface area contributed by atoms with Crippen molar-refractivity contribution in [1.29, 1.82) is 0 Å². The number of allylic oxidation sites excluding steroid dienone is 1. The summed E-state index contributed by atoms with van der Waals surface area (Å²) >= 11 is 7.36. The number of thiazole rings is 1. The molecule has 0 radical (unpaired) electrons. The van der Waals surface area contributed by atoms with Gasteiger partial charge in [0, 0.05) is 10.6 Å². The molecular formula is C30H25ClN2O6S2. The molecule has 0 aliphatic carbocycles. The highest BCUT2D eigenvalue weighted by Crippen LogP contribution is 2.31. The van der Waals surface area contributed by atoms with Gasteiger partial charge in [-0.2, -0.15) is 8.42 Å². The van der Waals surface area contributed by atoms with Crippen LogP contribution >= 0.6 is 22.9 Å². The minimum atomic E-state index is -4.16. The van der Waals surface area contributed by atoms with Crippen LogP contribution in [0.1, 0.15) is 36.6 Å². The Hall–Kier alpha value is -3.99. The summed E-state index contributed by atoms with van der Waals surface area (Å²) in [5, 5.41) is 0.326. The largest absolute Gasteiger partial charge is 0.463 e. The summed E-state index contributed by atoms with van der Waals surface area (Å²) in [6.45, 7) is 5.44. The summed E-state index contributed by atoms with van der Waals surface area (Å²) in [6, 6.07) is 19.1. The van der Waals surface area contributed by atoms with Crippen LogP contribution in [0, 0.1) is 6.92 Å². The Morgan fingerprint density at radius 1 is 1.07 bits per heavy atom. The highest BCUT2D eigenvalue weighted by Gasteiger charge is 2.33. The van der Waals surface area contributed by atoms with Crippen LogP contribution in [0.5, 0.6) is 5.75 Å². The average Bonchev–Trinajstić information content (AvgIpc) is 3.24. The van der Waals surface area contributed by atoms with E-state index in [0.29, 0.717) is 21.1 Å². The van der Waals surface area contributed by atoms with E-state index in [-0.39, 0.29) is 32.9 Å². The molecule has 0 N–H and O–H groups in total. The fourth-order valence-corrected chi connectivity index (χ4v) is 6.63. The summed E-state index contributed by atoms with van der Waals surface area (Å²) in [7, 11) is -4.16. The van der Waals surface area contributed by atoms with Gasteiger partial charge in [0.25, 0.3) is 5.56 Å². The lowest BCUT2D eigenvalue weighted by Gasteiger charge is -2.24. The molecule has 1 atom stereocenters. The Morgan fingerprint density at radius 2 is 1.78 bits per heavy atom. The maximum atomic E-state index is 13.9. The zero-order valence-corrected chi connectivity index (χ0v) is 24.7. The Morgan fingerprint density at radius 3 is 2.46 bits per heavy atom. The van der Waals surface area contributed by atoms with Crippen LogP contribution < -0.4 is 19.1 Å². The van der Waals surface area contributed by atoms with E-state index >= 15 is 0 Å². The van der Waals surface area contributed by atoms with Gasteiger partial charge in [0.1, 0.15) is 10.6 Å². The van der Waals surface area contributed by atoms with Crippen LogP contribution in [0.4, 0.5) is 0 Å². The molecule has 8 nitrogen and oxygen atoms in total. The van der Waals surface area contributed by atoms with Gasteiger partial charge in [-0.3, -0.25) is 9.36 Å². The fourth-order valence-electron chi connectivity index (χ4n) is 4.46. The fraction of sp³-hybridized carbons (Fsp3) is 0.167. The van der Waals surface area contributed by atoms with Crippen molar-refractivity contribution in [2.75, 3.05) is 6.61 Å². The van der Waals surface area contributed by atoms with E-state index in [4.69, 9.17) is 20.5 Å². The molecule has 210 valence electrons. The average molecular weight is 609 g/mol. The minimum Gasteiger partial charge on any atom is -0.463 e. The van der Waals surface area contributed by atoms with Gasteiger partial charge in [0.15, 0.2) is 4.80 Å². The lowest BCUT2D eigenvalue weighted by molar-refractivity contribution is -0.139. The number of nitrogens with zero attached hydrogens (tertiary/aromatic N) is 2. The van der Waals surface area contributed by atoms with Crippen molar-refractivity contribution >= 4 is 45.1 Å². The number of hydrogen-bond donors (Lipinski definition) is 0. The number of aryl methyl sites for hydroxylation is 1. The van der Waals surface area contributed by atoms with Crippen molar-refractivity contribution in [1.82, 2.24) is 4.57 Å². The molecule has 0 saturated heterocycles. The molecule has 0 fully saturated rings. The van der Waals surface area contributed by atoms with Crippen molar-refractivity contribution < 1.29 is 22.1 Å². The number of aromatic nitrogens is 1. The highest BCUT2D eigenvalue weighted by molar-refractivity contribution is 7.87. The van der Waals surface area contributed by atoms with Crippen molar-refractivity contribution in [2.24, 2.45) is 4.99 Å². The first kappa shape index (κ1) is 28.5. The van der Waals surface area contributed by atoms with Crippen LogP contribution in [-0.4, -0.2) is 25.6 Å². The molecule has 0 amide bonds. The molecular weight excluding hydrogens is 584 g/mol. The van der Waals surface area contributed by atoms with Crippen LogP contribution in [0.25, 0.3) is 6.08 Å². The molecule has 5 rings (SSSR count). The third-order valence-corrected chi connectivity index (χ3v) is 8.87. The molecule has 2 heterocycles. The number of esters is 1. The topological polar surface area (TPSA) is 104 Å². The van der Waals surface area contributed by atoms with Gasteiger partial charge >= 0.3 is 16.1 Å². The molecule has 4 aromatic rings. The predicted molar refractivity (Wildman–Crippen MR) is 157 cm³/mol. The Kier molecular flexibility index (Phi) is 7.99. The lowest BCUT2D eigenvalue weighted by Crippen LogP contribution is -2.39. The number of carbonyl (C=O) groups excluding carboxylic acids is 1. The zero-order chi connectivity index (χ0) is 29.3. The molecule has 41 heavy (non-hydrogen) atoms. The molecule has 1 aromatic heterocycles. The number of halogens is 1. The molecule has 0 bridgehead atoms. The summed E-state index contributed by atoms with van der Waals surface area (Å²) < 4.78 is 38.6. The summed E-state index contributed by atoms with van der Waals surface area (Å²) in [4.78, 5) is 31.8. The first-order valence-corrected chi connectivity index (χ1v) is 15.2. The molecule has 0 unspecified atom stereocenters. The predicted octanol–water partition coefficient (Wildman–Crippen LogP) is 4.53. The SMILES string of the molecule is CCOC(=O)C1=C(C)N=c2s/c(=C\c3cc(Cl)ccc3OS(=O)(=O)c3ccc(C)cc3)c(=O)n2[C@H]1c1ccccc1. The maximum Gasteiger partial charge on any atom is 0.339 e. The number of benzene rings is 3.